The monoisotopic (exact) mass is 512 g/mol. The van der Waals surface area contributed by atoms with Crippen LogP contribution < -0.4 is 0 Å². The van der Waals surface area contributed by atoms with Crippen molar-refractivity contribution in [3.63, 3.8) is 0 Å². The van der Waals surface area contributed by atoms with Crippen molar-refractivity contribution < 1.29 is 4.42 Å². The smallest absolute Gasteiger partial charge is 0.136 e. The highest BCUT2D eigenvalue weighted by Crippen LogP contribution is 2.55. The molecule has 3 nitrogen and oxygen atoms in total. The molecular formula is C37H24N2O. The topological polar surface area (TPSA) is 31.9 Å². The molecule has 4 heterocycles. The zero-order chi connectivity index (χ0) is 26.0. The van der Waals surface area contributed by atoms with Gasteiger partial charge >= 0.3 is 0 Å². The molecule has 3 aliphatic rings. The van der Waals surface area contributed by atoms with Crippen LogP contribution in [-0.2, 0) is 5.54 Å². The molecule has 5 aromatic carbocycles. The lowest BCUT2D eigenvalue weighted by atomic mass is 9.94. The molecule has 7 aromatic rings. The van der Waals surface area contributed by atoms with Crippen LogP contribution in [0, 0.1) is 0 Å². The number of para-hydroxylation sites is 1. The second-order valence-electron chi connectivity index (χ2n) is 11.5. The van der Waals surface area contributed by atoms with E-state index < -0.39 is 0 Å². The summed E-state index contributed by atoms with van der Waals surface area (Å²) < 4.78 is 6.50. The summed E-state index contributed by atoms with van der Waals surface area (Å²) in [4.78, 5) is 6.42. The van der Waals surface area contributed by atoms with Gasteiger partial charge in [0.1, 0.15) is 11.2 Å². The number of aromatic nitrogens is 1. The van der Waals surface area contributed by atoms with Gasteiger partial charge in [-0.05, 0) is 57.8 Å². The van der Waals surface area contributed by atoms with Crippen LogP contribution in [-0.4, -0.2) is 22.5 Å². The van der Waals surface area contributed by atoms with Crippen molar-refractivity contribution in [1.82, 2.24) is 9.88 Å². The summed E-state index contributed by atoms with van der Waals surface area (Å²) in [7, 11) is 0. The van der Waals surface area contributed by atoms with Crippen molar-refractivity contribution in [3.05, 3.63) is 133 Å². The first-order valence-electron chi connectivity index (χ1n) is 14.0. The predicted octanol–water partition coefficient (Wildman–Crippen LogP) is 8.99. The molecule has 2 aromatic heterocycles. The number of aromatic amines is 1. The molecule has 2 aliphatic heterocycles. The third kappa shape index (κ3) is 2.67. The number of furan rings is 1. The van der Waals surface area contributed by atoms with Gasteiger partial charge in [0.05, 0.1) is 17.1 Å². The second kappa shape index (κ2) is 7.20. The standard InChI is InChI=1S/C37H24N2O/c1-2-7-23-16-24(13-12-22(23)6-1)25-14-15-27-30-18-32-29(19-35(30)40-34(27)17-25)28-9-5-10-31(36(28)38-32)37-20-26-8-3-4-11-33(26)39(37)21-37/h1-20,33,38H,21H2/t33?,37?,39-/m1/s1. The average Bonchev–Trinajstić information content (AvgIpc) is 3.27. The van der Waals surface area contributed by atoms with Crippen molar-refractivity contribution in [2.24, 2.45) is 0 Å². The molecule has 3 heteroatoms. The first kappa shape index (κ1) is 21.0. The molecule has 0 saturated carbocycles. The minimum Gasteiger partial charge on any atom is -0.456 e. The molecule has 0 amide bonds. The quantitative estimate of drug-likeness (QED) is 0.234. The fraction of sp³-hybridized carbons (Fsp3) is 0.0811. The van der Waals surface area contributed by atoms with Gasteiger partial charge in [0.15, 0.2) is 0 Å². The van der Waals surface area contributed by atoms with Crippen molar-refractivity contribution >= 4 is 54.5 Å². The fourth-order valence-corrected chi connectivity index (χ4v) is 7.36. The van der Waals surface area contributed by atoms with Crippen LogP contribution in [0.5, 0.6) is 0 Å². The molecule has 1 saturated heterocycles. The summed E-state index contributed by atoms with van der Waals surface area (Å²) in [6.45, 7) is 1.07. The molecule has 1 aliphatic carbocycles. The van der Waals surface area contributed by atoms with Gasteiger partial charge in [0.2, 0.25) is 0 Å². The molecule has 0 bridgehead atoms. The highest BCUT2D eigenvalue weighted by atomic mass is 16.3. The van der Waals surface area contributed by atoms with Gasteiger partial charge in [0, 0.05) is 39.2 Å². The maximum absolute atomic E-state index is 6.50. The summed E-state index contributed by atoms with van der Waals surface area (Å²) in [6.07, 6.45) is 11.4. The van der Waals surface area contributed by atoms with E-state index in [-0.39, 0.29) is 5.54 Å². The Morgan fingerprint density at radius 3 is 2.55 bits per heavy atom. The van der Waals surface area contributed by atoms with Gasteiger partial charge in [0.25, 0.3) is 0 Å². The minimum absolute atomic E-state index is 0.00953. The third-order valence-electron chi connectivity index (χ3n) is 9.37. The number of allylic oxidation sites excluding steroid dienone is 2. The van der Waals surface area contributed by atoms with E-state index in [9.17, 15) is 0 Å². The van der Waals surface area contributed by atoms with Crippen LogP contribution in [0.2, 0.25) is 0 Å². The van der Waals surface area contributed by atoms with Crippen molar-refractivity contribution in [3.8, 4) is 11.1 Å². The van der Waals surface area contributed by atoms with Crippen molar-refractivity contribution in [2.75, 3.05) is 6.54 Å². The zero-order valence-electron chi connectivity index (χ0n) is 21.7. The van der Waals surface area contributed by atoms with E-state index in [0.29, 0.717) is 6.04 Å². The fourth-order valence-electron chi connectivity index (χ4n) is 7.36. The Morgan fingerprint density at radius 2 is 1.60 bits per heavy atom. The molecule has 0 spiro atoms. The summed E-state index contributed by atoms with van der Waals surface area (Å²) >= 11 is 0. The number of benzene rings is 5. The van der Waals surface area contributed by atoms with Crippen LogP contribution in [0.4, 0.5) is 0 Å². The van der Waals surface area contributed by atoms with E-state index in [1.807, 2.05) is 0 Å². The molecule has 188 valence electrons. The van der Waals surface area contributed by atoms with Crippen LogP contribution in [0.25, 0.3) is 65.6 Å². The Kier molecular flexibility index (Phi) is 3.79. The number of nitrogens with one attached hydrogen (secondary N) is 1. The number of hydrogen-bond donors (Lipinski definition) is 1. The second-order valence-corrected chi connectivity index (χ2v) is 11.5. The summed E-state index contributed by atoms with van der Waals surface area (Å²) in [5.41, 5.74) is 9.38. The molecule has 1 fully saturated rings. The van der Waals surface area contributed by atoms with E-state index >= 15 is 0 Å². The molecule has 1 N–H and O–H groups in total. The SMILES string of the molecule is C1=CC2=CC3(c4cccc5c4[nH]c4cc6c(cc45)oc4cc(-c5ccc7ccccc7c5)ccc46)C[N@]3C2C=C1. The van der Waals surface area contributed by atoms with Gasteiger partial charge < -0.3 is 9.40 Å². The number of H-pyrrole nitrogens is 1. The molecule has 3 atom stereocenters. The van der Waals surface area contributed by atoms with E-state index in [4.69, 9.17) is 4.42 Å². The highest BCUT2D eigenvalue weighted by Gasteiger charge is 2.59. The molecule has 2 unspecified atom stereocenters. The van der Waals surface area contributed by atoms with E-state index in [1.165, 1.54) is 49.3 Å². The number of hydrogen-bond acceptors (Lipinski definition) is 2. The maximum Gasteiger partial charge on any atom is 0.136 e. The lowest BCUT2D eigenvalue weighted by Gasteiger charge is -2.14. The third-order valence-corrected chi connectivity index (χ3v) is 9.37. The van der Waals surface area contributed by atoms with Crippen molar-refractivity contribution in [1.29, 1.82) is 0 Å². The largest absolute Gasteiger partial charge is 0.456 e. The maximum atomic E-state index is 6.50. The lowest BCUT2D eigenvalue weighted by Crippen LogP contribution is -2.18. The van der Waals surface area contributed by atoms with Crippen LogP contribution in [0.1, 0.15) is 5.56 Å². The molecule has 10 rings (SSSR count). The lowest BCUT2D eigenvalue weighted by molar-refractivity contribution is 0.470. The first-order valence-corrected chi connectivity index (χ1v) is 14.0. The Morgan fingerprint density at radius 1 is 0.725 bits per heavy atom. The number of nitrogens with zero attached hydrogens (tertiary/aromatic N) is 1. The number of rotatable bonds is 2. The predicted molar refractivity (Wildman–Crippen MR) is 165 cm³/mol. The van der Waals surface area contributed by atoms with Gasteiger partial charge in [-0.2, -0.15) is 0 Å². The molecular weight excluding hydrogens is 488 g/mol. The summed E-state index contributed by atoms with van der Waals surface area (Å²) in [5, 5.41) is 7.27. The molecule has 40 heavy (non-hydrogen) atoms. The Balaban J connectivity index is 1.12. The Hall–Kier alpha value is -4.86. The average molecular weight is 513 g/mol. The van der Waals surface area contributed by atoms with Gasteiger partial charge in [-0.15, -0.1) is 0 Å². The van der Waals surface area contributed by atoms with Gasteiger partial charge in [-0.1, -0.05) is 91.0 Å². The van der Waals surface area contributed by atoms with Gasteiger partial charge in [-0.25, -0.2) is 0 Å². The first-order chi connectivity index (χ1) is 19.7. The van der Waals surface area contributed by atoms with E-state index in [2.05, 4.69) is 131 Å². The zero-order valence-corrected chi connectivity index (χ0v) is 21.7. The minimum atomic E-state index is -0.00953. The van der Waals surface area contributed by atoms with Crippen molar-refractivity contribution in [2.45, 2.75) is 11.6 Å². The Labute approximate surface area is 230 Å². The summed E-state index contributed by atoms with van der Waals surface area (Å²) in [6, 6.07) is 33.4. The normalized spacial score (nSPS) is 22.9. The Bertz CT molecular complexity index is 2330. The molecule has 0 radical (unpaired) electrons. The highest BCUT2D eigenvalue weighted by molar-refractivity contribution is 6.16. The van der Waals surface area contributed by atoms with Crippen LogP contribution >= 0.6 is 0 Å². The summed E-state index contributed by atoms with van der Waals surface area (Å²) in [5.74, 6) is 0. The number of fused-ring (bicyclic) bond motifs is 10. The van der Waals surface area contributed by atoms with E-state index in [1.54, 1.807) is 0 Å². The van der Waals surface area contributed by atoms with Gasteiger partial charge in [-0.3, -0.25) is 4.90 Å². The van der Waals surface area contributed by atoms with E-state index in [0.717, 1.165) is 34.0 Å². The van der Waals surface area contributed by atoms with Crippen LogP contribution in [0.3, 0.4) is 0 Å². The van der Waals surface area contributed by atoms with Crippen LogP contribution in [0.15, 0.2) is 131 Å².